The zero-order valence-electron chi connectivity index (χ0n) is 11.7. The largest absolute Gasteiger partial charge is 0.399 e. The topological polar surface area (TPSA) is 49.6 Å². The lowest BCUT2D eigenvalue weighted by molar-refractivity contribution is -0.130. The fourth-order valence-electron chi connectivity index (χ4n) is 2.26. The second-order valence-electron chi connectivity index (χ2n) is 4.84. The van der Waals surface area contributed by atoms with E-state index in [2.05, 4.69) is 17.0 Å². The molecule has 114 valence electrons. The lowest BCUT2D eigenvalue weighted by Crippen LogP contribution is -2.48. The van der Waals surface area contributed by atoms with Gasteiger partial charge in [-0.1, -0.05) is 12.1 Å². The number of rotatable bonds is 3. The van der Waals surface area contributed by atoms with Crippen LogP contribution in [-0.4, -0.2) is 48.4 Å². The summed E-state index contributed by atoms with van der Waals surface area (Å²) in [7, 11) is 0. The molecule has 6 heteroatoms. The molecule has 4 nitrogen and oxygen atoms in total. The van der Waals surface area contributed by atoms with Crippen LogP contribution in [0.5, 0.6) is 0 Å². The van der Waals surface area contributed by atoms with Crippen molar-refractivity contribution in [3.63, 3.8) is 0 Å². The van der Waals surface area contributed by atoms with Crippen molar-refractivity contribution in [2.24, 2.45) is 0 Å². The number of carbonyl (C=O) groups is 1. The van der Waals surface area contributed by atoms with E-state index in [4.69, 9.17) is 5.73 Å². The summed E-state index contributed by atoms with van der Waals surface area (Å²) in [5.74, 6) is 0.188. The number of anilines is 1. The minimum Gasteiger partial charge on any atom is -0.399 e. The van der Waals surface area contributed by atoms with E-state index >= 15 is 0 Å². The molecule has 0 aromatic heterocycles. The summed E-state index contributed by atoms with van der Waals surface area (Å²) in [6.07, 6.45) is 1.04. The Kier molecular flexibility index (Phi) is 8.62. The second kappa shape index (κ2) is 9.06. The summed E-state index contributed by atoms with van der Waals surface area (Å²) in [5, 5.41) is 0. The van der Waals surface area contributed by atoms with Gasteiger partial charge in [0.2, 0.25) is 5.91 Å². The number of piperazine rings is 1. The number of nitrogens with two attached hydrogens (primary N) is 1. The number of carbonyl (C=O) groups excluding carboxylic acids is 1. The summed E-state index contributed by atoms with van der Waals surface area (Å²) in [6, 6.07) is 8.06. The molecular weight excluding hydrogens is 297 g/mol. The Bertz CT molecular complexity index is 403. The van der Waals surface area contributed by atoms with Crippen LogP contribution in [0.1, 0.15) is 12.5 Å². The molecule has 0 saturated carbocycles. The molecule has 1 heterocycles. The highest BCUT2D eigenvalue weighted by Crippen LogP contribution is 2.08. The number of benzene rings is 1. The average molecular weight is 320 g/mol. The van der Waals surface area contributed by atoms with Crippen molar-refractivity contribution in [2.75, 3.05) is 38.5 Å². The molecule has 0 unspecified atom stereocenters. The smallest absolute Gasteiger partial charge is 0.219 e. The maximum absolute atomic E-state index is 11.2. The van der Waals surface area contributed by atoms with E-state index in [0.717, 1.165) is 44.8 Å². The van der Waals surface area contributed by atoms with Crippen LogP contribution in [0, 0.1) is 0 Å². The Morgan fingerprint density at radius 1 is 1.10 bits per heavy atom. The van der Waals surface area contributed by atoms with Crippen LogP contribution in [-0.2, 0) is 11.2 Å². The zero-order chi connectivity index (χ0) is 13.0. The molecule has 20 heavy (non-hydrogen) atoms. The molecule has 0 radical (unpaired) electrons. The summed E-state index contributed by atoms with van der Waals surface area (Å²) in [4.78, 5) is 15.5. The Morgan fingerprint density at radius 3 is 2.15 bits per heavy atom. The van der Waals surface area contributed by atoms with E-state index in [-0.39, 0.29) is 30.7 Å². The van der Waals surface area contributed by atoms with Crippen molar-refractivity contribution in [1.29, 1.82) is 0 Å². The molecule has 1 aromatic carbocycles. The predicted molar refractivity (Wildman–Crippen MR) is 87.7 cm³/mol. The second-order valence-corrected chi connectivity index (χ2v) is 4.84. The Balaban J connectivity index is 0.00000180. The van der Waals surface area contributed by atoms with Crippen molar-refractivity contribution in [1.82, 2.24) is 9.80 Å². The molecular formula is C14H23Cl2N3O. The van der Waals surface area contributed by atoms with Crippen LogP contribution >= 0.6 is 24.8 Å². The molecule has 1 fully saturated rings. The van der Waals surface area contributed by atoms with Gasteiger partial charge >= 0.3 is 0 Å². The number of halogens is 2. The fourth-order valence-corrected chi connectivity index (χ4v) is 2.26. The molecule has 0 atom stereocenters. The maximum atomic E-state index is 11.2. The first kappa shape index (κ1) is 19.0. The third-order valence-electron chi connectivity index (χ3n) is 3.51. The van der Waals surface area contributed by atoms with Crippen LogP contribution in [0.15, 0.2) is 24.3 Å². The predicted octanol–water partition coefficient (Wildman–Crippen LogP) is 1.82. The van der Waals surface area contributed by atoms with Crippen LogP contribution < -0.4 is 5.73 Å². The molecule has 1 aliphatic heterocycles. The third kappa shape index (κ3) is 5.57. The Morgan fingerprint density at radius 2 is 1.65 bits per heavy atom. The highest BCUT2D eigenvalue weighted by atomic mass is 35.5. The molecule has 2 rings (SSSR count). The van der Waals surface area contributed by atoms with E-state index in [1.54, 1.807) is 6.92 Å². The molecule has 0 aliphatic carbocycles. The van der Waals surface area contributed by atoms with Crippen molar-refractivity contribution in [3.8, 4) is 0 Å². The summed E-state index contributed by atoms with van der Waals surface area (Å²) in [6.45, 7) is 6.37. The lowest BCUT2D eigenvalue weighted by atomic mass is 10.1. The van der Waals surface area contributed by atoms with E-state index in [9.17, 15) is 4.79 Å². The van der Waals surface area contributed by atoms with Crippen LogP contribution in [0.25, 0.3) is 0 Å². The lowest BCUT2D eigenvalue weighted by Gasteiger charge is -2.34. The minimum atomic E-state index is 0. The van der Waals surface area contributed by atoms with Gasteiger partial charge in [-0.3, -0.25) is 9.69 Å². The van der Waals surface area contributed by atoms with Crippen LogP contribution in [0.3, 0.4) is 0 Å². The number of amides is 1. The highest BCUT2D eigenvalue weighted by Gasteiger charge is 2.17. The number of hydrogen-bond acceptors (Lipinski definition) is 3. The van der Waals surface area contributed by atoms with Crippen molar-refractivity contribution in [2.45, 2.75) is 13.3 Å². The Labute approximate surface area is 133 Å². The van der Waals surface area contributed by atoms with Crippen molar-refractivity contribution < 1.29 is 4.79 Å². The van der Waals surface area contributed by atoms with Gasteiger partial charge in [-0.15, -0.1) is 24.8 Å². The zero-order valence-corrected chi connectivity index (χ0v) is 13.4. The third-order valence-corrected chi connectivity index (χ3v) is 3.51. The normalized spacial score (nSPS) is 15.2. The highest BCUT2D eigenvalue weighted by molar-refractivity contribution is 5.85. The van der Waals surface area contributed by atoms with Gasteiger partial charge in [0, 0.05) is 45.3 Å². The quantitative estimate of drug-likeness (QED) is 0.865. The van der Waals surface area contributed by atoms with Crippen molar-refractivity contribution >= 4 is 36.4 Å². The minimum absolute atomic E-state index is 0. The van der Waals surface area contributed by atoms with Gasteiger partial charge in [-0.05, 0) is 24.1 Å². The molecule has 1 aliphatic rings. The first-order valence-electron chi connectivity index (χ1n) is 6.47. The summed E-state index contributed by atoms with van der Waals surface area (Å²) in [5.41, 5.74) is 7.79. The van der Waals surface area contributed by atoms with Crippen LogP contribution in [0.2, 0.25) is 0 Å². The van der Waals surface area contributed by atoms with E-state index in [1.165, 1.54) is 5.56 Å². The average Bonchev–Trinajstić information content (AvgIpc) is 2.38. The first-order chi connectivity index (χ1) is 8.65. The standard InChI is InChI=1S/C14H21N3O.2ClH/c1-12(18)17-10-8-16(9-11-17)7-6-13-2-4-14(15)5-3-13;;/h2-5H,6-11,15H2,1H3;2*1H. The van der Waals surface area contributed by atoms with Gasteiger partial charge in [0.15, 0.2) is 0 Å². The number of nitrogen functional groups attached to an aromatic ring is 1. The van der Waals surface area contributed by atoms with E-state index in [0.29, 0.717) is 0 Å². The molecule has 2 N–H and O–H groups in total. The first-order valence-corrected chi connectivity index (χ1v) is 6.47. The summed E-state index contributed by atoms with van der Waals surface area (Å²) < 4.78 is 0. The fraction of sp³-hybridized carbons (Fsp3) is 0.500. The molecule has 0 bridgehead atoms. The number of nitrogens with zero attached hydrogens (tertiary/aromatic N) is 2. The van der Waals surface area contributed by atoms with Crippen molar-refractivity contribution in [3.05, 3.63) is 29.8 Å². The van der Waals surface area contributed by atoms with Gasteiger partial charge in [0.05, 0.1) is 0 Å². The molecule has 1 aromatic rings. The number of hydrogen-bond donors (Lipinski definition) is 1. The maximum Gasteiger partial charge on any atom is 0.219 e. The molecule has 1 amide bonds. The summed E-state index contributed by atoms with van der Waals surface area (Å²) >= 11 is 0. The SMILES string of the molecule is CC(=O)N1CCN(CCc2ccc(N)cc2)CC1.Cl.Cl. The molecule has 0 spiro atoms. The van der Waals surface area contributed by atoms with Gasteiger partial charge in [-0.25, -0.2) is 0 Å². The monoisotopic (exact) mass is 319 g/mol. The van der Waals surface area contributed by atoms with Crippen LogP contribution in [0.4, 0.5) is 5.69 Å². The molecule has 1 saturated heterocycles. The van der Waals surface area contributed by atoms with Gasteiger partial charge in [-0.2, -0.15) is 0 Å². The van der Waals surface area contributed by atoms with E-state index in [1.807, 2.05) is 17.0 Å². The van der Waals surface area contributed by atoms with Gasteiger partial charge in [0.25, 0.3) is 0 Å². The van der Waals surface area contributed by atoms with Gasteiger partial charge < -0.3 is 10.6 Å². The Hall–Kier alpha value is -0.970. The van der Waals surface area contributed by atoms with Gasteiger partial charge in [0.1, 0.15) is 0 Å². The van der Waals surface area contributed by atoms with E-state index < -0.39 is 0 Å².